The first-order valence-corrected chi connectivity index (χ1v) is 9.31. The summed E-state index contributed by atoms with van der Waals surface area (Å²) in [5.74, 6) is 0.606. The molecule has 0 saturated carbocycles. The van der Waals surface area contributed by atoms with Gasteiger partial charge in [-0.1, -0.05) is 12.1 Å². The largest absolute Gasteiger partial charge is 0.373 e. The predicted octanol–water partition coefficient (Wildman–Crippen LogP) is 2.38. The van der Waals surface area contributed by atoms with Crippen LogP contribution >= 0.6 is 11.8 Å². The molecule has 128 valence electrons. The number of benzene rings is 1. The van der Waals surface area contributed by atoms with Gasteiger partial charge in [0.1, 0.15) is 13.1 Å². The number of hydrogen-bond donors (Lipinski definition) is 1. The molecule has 0 aromatic heterocycles. The van der Waals surface area contributed by atoms with E-state index in [1.807, 2.05) is 0 Å². The van der Waals surface area contributed by atoms with Gasteiger partial charge in [0, 0.05) is 30.5 Å². The maximum Gasteiger partial charge on any atom is 0.362 e. The first kappa shape index (κ1) is 17.0. The van der Waals surface area contributed by atoms with Crippen molar-refractivity contribution in [3.05, 3.63) is 34.7 Å². The fourth-order valence-corrected chi connectivity index (χ4v) is 3.84. The number of nitrogens with zero attached hydrogens (tertiary/aromatic N) is 3. The molecule has 2 aliphatic heterocycles. The maximum atomic E-state index is 6.12. The zero-order valence-corrected chi connectivity index (χ0v) is 15.2. The Kier molecular flexibility index (Phi) is 5.58. The van der Waals surface area contributed by atoms with Crippen LogP contribution in [0.5, 0.6) is 0 Å². The molecule has 0 spiro atoms. The Balaban J connectivity index is 1.76. The smallest absolute Gasteiger partial charge is 0.362 e. The van der Waals surface area contributed by atoms with E-state index in [2.05, 4.69) is 58.7 Å². The third-order valence-corrected chi connectivity index (χ3v) is 5.35. The molecule has 2 aliphatic rings. The SMILES string of the molecule is CCN(CC)c1ccc(C=C2SC(=[N+]3CCOCC3)N=C2N)cc1. The van der Waals surface area contributed by atoms with Crippen LogP contribution in [0.2, 0.25) is 0 Å². The van der Waals surface area contributed by atoms with Crippen molar-refractivity contribution in [1.29, 1.82) is 0 Å². The second-order valence-electron chi connectivity index (χ2n) is 5.75. The highest BCUT2D eigenvalue weighted by Crippen LogP contribution is 2.28. The van der Waals surface area contributed by atoms with Gasteiger partial charge in [-0.2, -0.15) is 0 Å². The van der Waals surface area contributed by atoms with Crippen molar-refractivity contribution in [3.8, 4) is 0 Å². The van der Waals surface area contributed by atoms with E-state index in [4.69, 9.17) is 10.5 Å². The Hall–Kier alpha value is -1.79. The summed E-state index contributed by atoms with van der Waals surface area (Å²) in [5.41, 5.74) is 8.52. The maximum absolute atomic E-state index is 6.12. The van der Waals surface area contributed by atoms with E-state index in [0.717, 1.165) is 55.0 Å². The molecule has 1 fully saturated rings. The van der Waals surface area contributed by atoms with Gasteiger partial charge < -0.3 is 15.4 Å². The highest BCUT2D eigenvalue weighted by atomic mass is 32.2. The number of thioether (sulfide) groups is 1. The van der Waals surface area contributed by atoms with E-state index in [1.165, 1.54) is 5.69 Å². The van der Waals surface area contributed by atoms with Crippen LogP contribution in [0.3, 0.4) is 0 Å². The molecule has 0 radical (unpaired) electrons. The van der Waals surface area contributed by atoms with Gasteiger partial charge in [-0.3, -0.25) is 0 Å². The third-order valence-electron chi connectivity index (χ3n) is 4.27. The van der Waals surface area contributed by atoms with Crippen LogP contribution in [0.25, 0.3) is 6.08 Å². The molecular formula is C18H25N4OS+. The Morgan fingerprint density at radius 1 is 1.21 bits per heavy atom. The molecular weight excluding hydrogens is 320 g/mol. The molecule has 0 atom stereocenters. The number of anilines is 1. The highest BCUT2D eigenvalue weighted by Gasteiger charge is 2.29. The second-order valence-corrected chi connectivity index (χ2v) is 6.76. The van der Waals surface area contributed by atoms with Gasteiger partial charge in [0.05, 0.1) is 18.1 Å². The lowest BCUT2D eigenvalue weighted by Crippen LogP contribution is -2.31. The fraction of sp³-hybridized carbons (Fsp3) is 0.444. The van der Waals surface area contributed by atoms with Crippen LogP contribution in [0.1, 0.15) is 19.4 Å². The van der Waals surface area contributed by atoms with Gasteiger partial charge in [-0.05, 0) is 42.6 Å². The van der Waals surface area contributed by atoms with Crippen LogP contribution in [-0.4, -0.2) is 55.0 Å². The van der Waals surface area contributed by atoms with Gasteiger partial charge in [0.2, 0.25) is 0 Å². The van der Waals surface area contributed by atoms with Crippen LogP contribution < -0.4 is 10.6 Å². The molecule has 2 N–H and O–H groups in total. The normalized spacial score (nSPS) is 19.8. The van der Waals surface area contributed by atoms with E-state index >= 15 is 0 Å². The summed E-state index contributed by atoms with van der Waals surface area (Å²) >= 11 is 1.65. The van der Waals surface area contributed by atoms with E-state index in [0.29, 0.717) is 5.84 Å². The lowest BCUT2D eigenvalue weighted by molar-refractivity contribution is -0.547. The highest BCUT2D eigenvalue weighted by molar-refractivity contribution is 8.18. The van der Waals surface area contributed by atoms with E-state index < -0.39 is 0 Å². The average Bonchev–Trinajstić information content (AvgIpc) is 2.99. The summed E-state index contributed by atoms with van der Waals surface area (Å²) in [6.45, 7) is 9.66. The van der Waals surface area contributed by atoms with Crippen molar-refractivity contribution in [2.75, 3.05) is 44.3 Å². The van der Waals surface area contributed by atoms with Crippen LogP contribution in [0, 0.1) is 0 Å². The number of hydrogen-bond acceptors (Lipinski definition) is 4. The van der Waals surface area contributed by atoms with Crippen LogP contribution in [0.15, 0.2) is 34.2 Å². The zero-order chi connectivity index (χ0) is 16.9. The van der Waals surface area contributed by atoms with E-state index in [1.54, 1.807) is 11.8 Å². The Bertz CT molecular complexity index is 667. The molecule has 1 aromatic rings. The molecule has 0 aliphatic carbocycles. The quantitative estimate of drug-likeness (QED) is 0.851. The molecule has 6 heteroatoms. The van der Waals surface area contributed by atoms with Crippen LogP contribution in [0.4, 0.5) is 5.69 Å². The van der Waals surface area contributed by atoms with Crippen molar-refractivity contribution in [2.24, 2.45) is 10.7 Å². The lowest BCUT2D eigenvalue weighted by Gasteiger charge is -2.20. The molecule has 0 bridgehead atoms. The minimum atomic E-state index is 0.606. The molecule has 1 saturated heterocycles. The minimum Gasteiger partial charge on any atom is -0.373 e. The summed E-state index contributed by atoms with van der Waals surface area (Å²) in [4.78, 5) is 7.89. The standard InChI is InChI=1S/C18H24N4OS/c1-3-21(4-2)15-7-5-14(6-8-15)13-16-17(19)20-18(24-16)22-9-11-23-12-10-22/h5-8,13,19H,3-4,9-12H2,1-2H3/p+1. The van der Waals surface area contributed by atoms with Crippen molar-refractivity contribution in [3.63, 3.8) is 0 Å². The molecule has 2 heterocycles. The number of aliphatic imine (C=N–C) groups is 1. The first-order chi connectivity index (χ1) is 11.7. The Morgan fingerprint density at radius 3 is 2.50 bits per heavy atom. The topological polar surface area (TPSA) is 53.9 Å². The van der Waals surface area contributed by atoms with Gasteiger partial charge in [0.15, 0.2) is 0 Å². The molecule has 3 rings (SSSR count). The summed E-state index contributed by atoms with van der Waals surface area (Å²) in [5, 5.41) is 0.988. The Morgan fingerprint density at radius 2 is 1.88 bits per heavy atom. The molecule has 5 nitrogen and oxygen atoms in total. The molecule has 1 aromatic carbocycles. The summed E-state index contributed by atoms with van der Waals surface area (Å²) < 4.78 is 7.64. The molecule has 0 unspecified atom stereocenters. The summed E-state index contributed by atoms with van der Waals surface area (Å²) in [6, 6.07) is 8.61. The van der Waals surface area contributed by atoms with E-state index in [9.17, 15) is 0 Å². The first-order valence-electron chi connectivity index (χ1n) is 8.50. The van der Waals surface area contributed by atoms with Crippen molar-refractivity contribution in [1.82, 2.24) is 0 Å². The van der Waals surface area contributed by atoms with Gasteiger partial charge in [0.25, 0.3) is 5.84 Å². The van der Waals surface area contributed by atoms with Crippen LogP contribution in [-0.2, 0) is 4.74 Å². The lowest BCUT2D eigenvalue weighted by atomic mass is 10.1. The fourth-order valence-electron chi connectivity index (χ4n) is 2.85. The molecule has 0 amide bonds. The monoisotopic (exact) mass is 345 g/mol. The zero-order valence-electron chi connectivity index (χ0n) is 14.4. The van der Waals surface area contributed by atoms with Crippen molar-refractivity contribution >= 4 is 34.5 Å². The summed E-state index contributed by atoms with van der Waals surface area (Å²) in [7, 11) is 0. The number of ether oxygens (including phenoxy) is 1. The van der Waals surface area contributed by atoms with Crippen molar-refractivity contribution < 1.29 is 9.31 Å². The minimum absolute atomic E-state index is 0.606. The summed E-state index contributed by atoms with van der Waals surface area (Å²) in [6.07, 6.45) is 2.11. The Labute approximate surface area is 147 Å². The number of morpholine rings is 1. The van der Waals surface area contributed by atoms with Crippen molar-refractivity contribution in [2.45, 2.75) is 13.8 Å². The number of nitrogens with two attached hydrogens (primary N) is 1. The predicted molar refractivity (Wildman–Crippen MR) is 103 cm³/mol. The second kappa shape index (κ2) is 7.85. The van der Waals surface area contributed by atoms with Gasteiger partial charge >= 0.3 is 5.17 Å². The number of amidine groups is 2. The third kappa shape index (κ3) is 3.82. The average molecular weight is 345 g/mol. The van der Waals surface area contributed by atoms with Gasteiger partial charge in [-0.25, -0.2) is 4.58 Å². The molecule has 24 heavy (non-hydrogen) atoms. The van der Waals surface area contributed by atoms with E-state index in [-0.39, 0.29) is 0 Å². The number of rotatable bonds is 4. The van der Waals surface area contributed by atoms with Gasteiger partial charge in [-0.15, -0.1) is 0 Å².